The molecule has 0 spiro atoms. The average Bonchev–Trinajstić information content (AvgIpc) is 2.24. The van der Waals surface area contributed by atoms with Gasteiger partial charge in [-0.3, -0.25) is 0 Å². The van der Waals surface area contributed by atoms with Crippen LogP contribution in [0.4, 0.5) is 0 Å². The van der Waals surface area contributed by atoms with E-state index >= 15 is 0 Å². The Balaban J connectivity index is 2.50. The molecular formula is C11H17NO2. The van der Waals surface area contributed by atoms with E-state index in [2.05, 4.69) is 18.8 Å². The molecule has 0 N–H and O–H groups in total. The van der Waals surface area contributed by atoms with Crippen molar-refractivity contribution < 1.29 is 9.47 Å². The van der Waals surface area contributed by atoms with E-state index in [1.165, 1.54) is 0 Å². The van der Waals surface area contributed by atoms with Crippen molar-refractivity contribution in [3.8, 4) is 11.8 Å². The number of rotatable bonds is 6. The number of pyridine rings is 1. The summed E-state index contributed by atoms with van der Waals surface area (Å²) < 4.78 is 10.8. The third kappa shape index (κ3) is 3.64. The first-order valence-electron chi connectivity index (χ1n) is 5.09. The van der Waals surface area contributed by atoms with E-state index in [1.54, 1.807) is 0 Å². The SMILES string of the molecule is CCCOc1cccc(OCCC)n1. The Bertz CT molecular complexity index is 240. The van der Waals surface area contributed by atoms with E-state index in [-0.39, 0.29) is 0 Å². The van der Waals surface area contributed by atoms with Gasteiger partial charge in [0.1, 0.15) is 0 Å². The summed E-state index contributed by atoms with van der Waals surface area (Å²) in [6.45, 7) is 5.53. The van der Waals surface area contributed by atoms with Crippen LogP contribution in [0.2, 0.25) is 0 Å². The maximum atomic E-state index is 5.38. The normalized spacial score (nSPS) is 9.86. The first kappa shape index (κ1) is 10.8. The van der Waals surface area contributed by atoms with Crippen LogP contribution < -0.4 is 9.47 Å². The molecule has 0 aliphatic carbocycles. The van der Waals surface area contributed by atoms with Gasteiger partial charge >= 0.3 is 0 Å². The van der Waals surface area contributed by atoms with Gasteiger partial charge < -0.3 is 9.47 Å². The largest absolute Gasteiger partial charge is 0.478 e. The molecule has 0 aromatic carbocycles. The number of hydrogen-bond donors (Lipinski definition) is 0. The molecule has 3 heteroatoms. The quantitative estimate of drug-likeness (QED) is 0.699. The molecule has 0 aliphatic heterocycles. The van der Waals surface area contributed by atoms with Crippen LogP contribution in [0.15, 0.2) is 18.2 Å². The number of nitrogens with zero attached hydrogens (tertiary/aromatic N) is 1. The second-order valence-electron chi connectivity index (χ2n) is 3.01. The van der Waals surface area contributed by atoms with Crippen LogP contribution in [0, 0.1) is 0 Å². The van der Waals surface area contributed by atoms with Crippen LogP contribution in [-0.4, -0.2) is 18.2 Å². The van der Waals surface area contributed by atoms with Gasteiger partial charge in [-0.1, -0.05) is 19.9 Å². The summed E-state index contributed by atoms with van der Waals surface area (Å²) in [5.41, 5.74) is 0. The van der Waals surface area contributed by atoms with E-state index < -0.39 is 0 Å². The van der Waals surface area contributed by atoms with E-state index in [4.69, 9.17) is 9.47 Å². The summed E-state index contributed by atoms with van der Waals surface area (Å²) in [5.74, 6) is 1.28. The van der Waals surface area contributed by atoms with Crippen molar-refractivity contribution in [1.29, 1.82) is 0 Å². The Morgan fingerprint density at radius 2 is 1.50 bits per heavy atom. The first-order chi connectivity index (χ1) is 6.86. The molecule has 0 saturated carbocycles. The first-order valence-corrected chi connectivity index (χ1v) is 5.09. The molecule has 78 valence electrons. The summed E-state index contributed by atoms with van der Waals surface area (Å²) in [4.78, 5) is 4.20. The van der Waals surface area contributed by atoms with E-state index in [0.717, 1.165) is 12.8 Å². The Kier molecular flexibility index (Phi) is 4.83. The fourth-order valence-corrected chi connectivity index (χ4v) is 0.970. The van der Waals surface area contributed by atoms with Gasteiger partial charge in [-0.15, -0.1) is 0 Å². The van der Waals surface area contributed by atoms with Crippen molar-refractivity contribution in [3.63, 3.8) is 0 Å². The lowest BCUT2D eigenvalue weighted by Gasteiger charge is -2.06. The second-order valence-corrected chi connectivity index (χ2v) is 3.01. The molecule has 0 aliphatic rings. The molecule has 14 heavy (non-hydrogen) atoms. The predicted octanol–water partition coefficient (Wildman–Crippen LogP) is 2.66. The predicted molar refractivity (Wildman–Crippen MR) is 55.8 cm³/mol. The third-order valence-electron chi connectivity index (χ3n) is 1.61. The van der Waals surface area contributed by atoms with E-state index in [1.807, 2.05) is 18.2 Å². The average molecular weight is 195 g/mol. The van der Waals surface area contributed by atoms with Crippen LogP contribution in [-0.2, 0) is 0 Å². The summed E-state index contributed by atoms with van der Waals surface area (Å²) in [7, 11) is 0. The van der Waals surface area contributed by atoms with Gasteiger partial charge in [0.15, 0.2) is 0 Å². The van der Waals surface area contributed by atoms with Crippen molar-refractivity contribution in [2.75, 3.05) is 13.2 Å². The minimum Gasteiger partial charge on any atom is -0.478 e. The summed E-state index contributed by atoms with van der Waals surface area (Å²) in [6, 6.07) is 5.58. The van der Waals surface area contributed by atoms with Crippen molar-refractivity contribution in [2.45, 2.75) is 26.7 Å². The molecule has 3 nitrogen and oxygen atoms in total. The number of hydrogen-bond acceptors (Lipinski definition) is 3. The zero-order valence-corrected chi connectivity index (χ0v) is 8.82. The second kappa shape index (κ2) is 6.24. The Morgan fingerprint density at radius 1 is 1.00 bits per heavy atom. The lowest BCUT2D eigenvalue weighted by Crippen LogP contribution is -2.00. The number of ether oxygens (including phenoxy) is 2. The van der Waals surface area contributed by atoms with Gasteiger partial charge in [0.2, 0.25) is 11.8 Å². The smallest absolute Gasteiger partial charge is 0.216 e. The van der Waals surface area contributed by atoms with Gasteiger partial charge in [-0.25, -0.2) is 0 Å². The topological polar surface area (TPSA) is 31.4 Å². The highest BCUT2D eigenvalue weighted by Crippen LogP contribution is 2.13. The van der Waals surface area contributed by atoms with Gasteiger partial charge in [0.05, 0.1) is 13.2 Å². The summed E-state index contributed by atoms with van der Waals surface area (Å²) in [6.07, 6.45) is 1.98. The summed E-state index contributed by atoms with van der Waals surface area (Å²) in [5, 5.41) is 0. The van der Waals surface area contributed by atoms with Crippen LogP contribution >= 0.6 is 0 Å². The molecular weight excluding hydrogens is 178 g/mol. The molecule has 1 rings (SSSR count). The van der Waals surface area contributed by atoms with Gasteiger partial charge in [0, 0.05) is 12.1 Å². The lowest BCUT2D eigenvalue weighted by atomic mass is 10.4. The molecule has 1 aromatic heterocycles. The van der Waals surface area contributed by atoms with Gasteiger partial charge in [-0.05, 0) is 12.8 Å². The molecule has 0 unspecified atom stereocenters. The highest BCUT2D eigenvalue weighted by Gasteiger charge is 1.98. The maximum Gasteiger partial charge on any atom is 0.216 e. The van der Waals surface area contributed by atoms with Gasteiger partial charge in [0.25, 0.3) is 0 Å². The Labute approximate surface area is 85.1 Å². The van der Waals surface area contributed by atoms with Gasteiger partial charge in [-0.2, -0.15) is 4.98 Å². The summed E-state index contributed by atoms with van der Waals surface area (Å²) >= 11 is 0. The van der Waals surface area contributed by atoms with Crippen molar-refractivity contribution in [2.24, 2.45) is 0 Å². The molecule has 0 radical (unpaired) electrons. The molecule has 1 heterocycles. The fourth-order valence-electron chi connectivity index (χ4n) is 0.970. The fraction of sp³-hybridized carbons (Fsp3) is 0.545. The van der Waals surface area contributed by atoms with Crippen LogP contribution in [0.3, 0.4) is 0 Å². The maximum absolute atomic E-state index is 5.38. The monoisotopic (exact) mass is 195 g/mol. The highest BCUT2D eigenvalue weighted by molar-refractivity contribution is 5.19. The molecule has 0 amide bonds. The third-order valence-corrected chi connectivity index (χ3v) is 1.61. The Morgan fingerprint density at radius 3 is 1.93 bits per heavy atom. The van der Waals surface area contributed by atoms with Crippen molar-refractivity contribution in [1.82, 2.24) is 4.98 Å². The Hall–Kier alpha value is -1.25. The molecule has 0 fully saturated rings. The van der Waals surface area contributed by atoms with Crippen molar-refractivity contribution in [3.05, 3.63) is 18.2 Å². The van der Waals surface area contributed by atoms with E-state index in [9.17, 15) is 0 Å². The molecule has 1 aromatic rings. The number of aromatic nitrogens is 1. The highest BCUT2D eigenvalue weighted by atomic mass is 16.5. The lowest BCUT2D eigenvalue weighted by molar-refractivity contribution is 0.279. The molecule has 0 bridgehead atoms. The van der Waals surface area contributed by atoms with Crippen LogP contribution in [0.25, 0.3) is 0 Å². The van der Waals surface area contributed by atoms with Crippen LogP contribution in [0.5, 0.6) is 11.8 Å². The van der Waals surface area contributed by atoms with E-state index in [0.29, 0.717) is 25.0 Å². The molecule has 0 saturated heterocycles. The minimum atomic E-state index is 0.639. The standard InChI is InChI=1S/C11H17NO2/c1-3-8-13-10-6-5-7-11(12-10)14-9-4-2/h5-7H,3-4,8-9H2,1-2H3. The zero-order valence-electron chi connectivity index (χ0n) is 8.82. The van der Waals surface area contributed by atoms with Crippen LogP contribution in [0.1, 0.15) is 26.7 Å². The molecule has 0 atom stereocenters. The van der Waals surface area contributed by atoms with Crippen molar-refractivity contribution >= 4 is 0 Å². The zero-order chi connectivity index (χ0) is 10.2. The minimum absolute atomic E-state index is 0.639.